The molecule has 1 fully saturated rings. The lowest BCUT2D eigenvalue weighted by atomic mass is 10.2. The zero-order valence-corrected chi connectivity index (χ0v) is 20.3. The average molecular weight is 523 g/mol. The van der Waals surface area contributed by atoms with Crippen molar-refractivity contribution < 1.29 is 14.3 Å². The van der Waals surface area contributed by atoms with Crippen molar-refractivity contribution in [2.75, 3.05) is 37.7 Å². The van der Waals surface area contributed by atoms with E-state index >= 15 is 0 Å². The molecule has 0 spiro atoms. The topological polar surface area (TPSA) is 110 Å². The first kappa shape index (κ1) is 24.6. The molecule has 0 bridgehead atoms. The van der Waals surface area contributed by atoms with Crippen LogP contribution in [0, 0.1) is 0 Å². The van der Waals surface area contributed by atoms with Crippen molar-refractivity contribution in [1.29, 1.82) is 0 Å². The third kappa shape index (κ3) is 8.41. The van der Waals surface area contributed by atoms with Gasteiger partial charge in [-0.3, -0.25) is 14.5 Å². The Morgan fingerprint density at radius 3 is 2.68 bits per heavy atom. The number of halogens is 2. The monoisotopic (exact) mass is 521 g/mol. The van der Waals surface area contributed by atoms with E-state index in [2.05, 4.69) is 20.4 Å². The summed E-state index contributed by atoms with van der Waals surface area (Å²) in [6, 6.07) is 5.63. The summed E-state index contributed by atoms with van der Waals surface area (Å²) in [7, 11) is 0. The van der Waals surface area contributed by atoms with Gasteiger partial charge in [0.15, 0.2) is 8.68 Å². The van der Waals surface area contributed by atoms with E-state index in [4.69, 9.17) is 33.7 Å². The Hall–Kier alpha value is -1.08. The molecule has 1 atom stereocenters. The first-order valence-corrected chi connectivity index (χ1v) is 12.9. The van der Waals surface area contributed by atoms with Crippen LogP contribution in [0.15, 0.2) is 26.9 Å². The number of hydrogen-bond donors (Lipinski definition) is 2. The molecule has 1 aliphatic heterocycles. The summed E-state index contributed by atoms with van der Waals surface area (Å²) in [6.45, 7) is 3.31. The SMILES string of the molecule is NC(=O)CSc1nnc(SCC(=O)NCC2CN(Cc3ccc(Cl)c(Cl)c3)CCO2)s1. The van der Waals surface area contributed by atoms with Crippen LogP contribution in [0.25, 0.3) is 0 Å². The number of amides is 2. The van der Waals surface area contributed by atoms with Crippen molar-refractivity contribution in [2.45, 2.75) is 21.3 Å². The molecule has 1 unspecified atom stereocenters. The smallest absolute Gasteiger partial charge is 0.230 e. The molecule has 1 aromatic heterocycles. The Bertz CT molecular complexity index is 917. The second kappa shape index (κ2) is 12.2. The molecular formula is C18H21Cl2N5O3S3. The van der Waals surface area contributed by atoms with E-state index in [-0.39, 0.29) is 23.5 Å². The highest BCUT2D eigenvalue weighted by Gasteiger charge is 2.21. The van der Waals surface area contributed by atoms with Crippen LogP contribution in [0.1, 0.15) is 5.56 Å². The number of thioether (sulfide) groups is 2. The molecule has 1 aromatic carbocycles. The highest BCUT2D eigenvalue weighted by molar-refractivity contribution is 8.03. The molecule has 1 saturated heterocycles. The average Bonchev–Trinajstić information content (AvgIpc) is 3.20. The Morgan fingerprint density at radius 1 is 1.23 bits per heavy atom. The molecule has 2 heterocycles. The fourth-order valence-electron chi connectivity index (χ4n) is 2.80. The summed E-state index contributed by atoms with van der Waals surface area (Å²) in [5.41, 5.74) is 6.20. The predicted octanol–water partition coefficient (Wildman–Crippen LogP) is 2.53. The lowest BCUT2D eigenvalue weighted by Gasteiger charge is -2.33. The molecule has 0 aliphatic carbocycles. The van der Waals surface area contributed by atoms with Gasteiger partial charge in [-0.05, 0) is 17.7 Å². The minimum absolute atomic E-state index is 0.0798. The number of carbonyl (C=O) groups excluding carboxylic acids is 2. The highest BCUT2D eigenvalue weighted by Crippen LogP contribution is 2.28. The molecule has 168 valence electrons. The molecule has 13 heteroatoms. The van der Waals surface area contributed by atoms with Gasteiger partial charge in [-0.25, -0.2) is 0 Å². The van der Waals surface area contributed by atoms with Crippen molar-refractivity contribution in [1.82, 2.24) is 20.4 Å². The van der Waals surface area contributed by atoms with E-state index < -0.39 is 5.91 Å². The van der Waals surface area contributed by atoms with Gasteiger partial charge in [-0.2, -0.15) is 0 Å². The van der Waals surface area contributed by atoms with Crippen LogP contribution in [0.4, 0.5) is 0 Å². The zero-order chi connectivity index (χ0) is 22.2. The Kier molecular flexibility index (Phi) is 9.70. The third-order valence-electron chi connectivity index (χ3n) is 4.19. The van der Waals surface area contributed by atoms with Crippen molar-refractivity contribution in [3.63, 3.8) is 0 Å². The Balaban J connectivity index is 1.37. The standard InChI is InChI=1S/C18H21Cl2N5O3S3/c19-13-2-1-11(5-14(13)20)7-25-3-4-28-12(8-25)6-22-16(27)10-30-18-24-23-17(31-18)29-9-15(21)26/h1-2,5,12H,3-4,6-10H2,(H2,21,26)(H,22,27). The van der Waals surface area contributed by atoms with Gasteiger partial charge in [0.2, 0.25) is 11.8 Å². The number of carbonyl (C=O) groups is 2. The van der Waals surface area contributed by atoms with Gasteiger partial charge in [0, 0.05) is 26.2 Å². The molecule has 0 radical (unpaired) electrons. The molecule has 3 N–H and O–H groups in total. The van der Waals surface area contributed by atoms with Gasteiger partial charge in [-0.1, -0.05) is 64.1 Å². The first-order valence-electron chi connectivity index (χ1n) is 9.31. The molecule has 2 amide bonds. The minimum atomic E-state index is -0.408. The van der Waals surface area contributed by atoms with Crippen LogP contribution in [-0.2, 0) is 20.9 Å². The van der Waals surface area contributed by atoms with Crippen LogP contribution < -0.4 is 11.1 Å². The number of primary amides is 1. The number of aromatic nitrogens is 2. The van der Waals surface area contributed by atoms with E-state index in [1.807, 2.05) is 12.1 Å². The molecule has 0 saturated carbocycles. The van der Waals surface area contributed by atoms with Crippen molar-refractivity contribution in [3.05, 3.63) is 33.8 Å². The molecule has 2 aromatic rings. The lowest BCUT2D eigenvalue weighted by Crippen LogP contribution is -2.47. The maximum Gasteiger partial charge on any atom is 0.230 e. The van der Waals surface area contributed by atoms with Crippen LogP contribution in [0.3, 0.4) is 0 Å². The molecule has 31 heavy (non-hydrogen) atoms. The summed E-state index contributed by atoms with van der Waals surface area (Å²) in [5, 5.41) is 12.0. The van der Waals surface area contributed by atoms with Gasteiger partial charge in [0.05, 0.1) is 34.3 Å². The zero-order valence-electron chi connectivity index (χ0n) is 16.4. The summed E-state index contributed by atoms with van der Waals surface area (Å²) < 4.78 is 7.10. The van der Waals surface area contributed by atoms with E-state index in [1.54, 1.807) is 6.07 Å². The Labute approximate surface area is 202 Å². The van der Waals surface area contributed by atoms with E-state index in [0.717, 1.165) is 18.7 Å². The number of nitrogens with two attached hydrogens (primary N) is 1. The van der Waals surface area contributed by atoms with Crippen molar-refractivity contribution in [2.24, 2.45) is 5.73 Å². The van der Waals surface area contributed by atoms with Crippen LogP contribution >= 0.6 is 58.1 Å². The third-order valence-corrected chi connectivity index (χ3v) is 8.14. The minimum Gasteiger partial charge on any atom is -0.374 e. The maximum absolute atomic E-state index is 12.2. The van der Waals surface area contributed by atoms with Gasteiger partial charge in [0.1, 0.15) is 0 Å². The predicted molar refractivity (Wildman–Crippen MR) is 125 cm³/mol. The summed E-state index contributed by atoms with van der Waals surface area (Å²) in [5.74, 6) is -0.121. The van der Waals surface area contributed by atoms with Gasteiger partial charge in [0.25, 0.3) is 0 Å². The Morgan fingerprint density at radius 2 is 1.97 bits per heavy atom. The molecule has 1 aliphatic rings. The fourth-order valence-corrected chi connectivity index (χ4v) is 5.71. The quantitative estimate of drug-likeness (QED) is 0.458. The molecule has 3 rings (SSSR count). The van der Waals surface area contributed by atoms with Crippen LogP contribution in [-0.4, -0.2) is 70.8 Å². The number of rotatable bonds is 10. The number of morpholine rings is 1. The maximum atomic E-state index is 12.2. The van der Waals surface area contributed by atoms with E-state index in [0.29, 0.717) is 38.4 Å². The largest absolute Gasteiger partial charge is 0.374 e. The second-order valence-electron chi connectivity index (χ2n) is 6.66. The summed E-state index contributed by atoms with van der Waals surface area (Å²) in [6.07, 6.45) is -0.0798. The van der Waals surface area contributed by atoms with Crippen molar-refractivity contribution >= 4 is 69.9 Å². The van der Waals surface area contributed by atoms with Crippen LogP contribution in [0.2, 0.25) is 10.0 Å². The number of nitrogens with zero attached hydrogens (tertiary/aromatic N) is 3. The van der Waals surface area contributed by atoms with Gasteiger partial charge < -0.3 is 15.8 Å². The number of hydrogen-bond acceptors (Lipinski definition) is 9. The normalized spacial score (nSPS) is 16.9. The number of nitrogens with one attached hydrogen (secondary N) is 1. The second-order valence-corrected chi connectivity index (χ2v) is 10.9. The molecular weight excluding hydrogens is 501 g/mol. The van der Waals surface area contributed by atoms with E-state index in [9.17, 15) is 9.59 Å². The van der Waals surface area contributed by atoms with Gasteiger partial charge >= 0.3 is 0 Å². The number of ether oxygens (including phenoxy) is 1. The van der Waals surface area contributed by atoms with Crippen LogP contribution in [0.5, 0.6) is 0 Å². The van der Waals surface area contributed by atoms with Crippen molar-refractivity contribution in [3.8, 4) is 0 Å². The number of benzene rings is 1. The highest BCUT2D eigenvalue weighted by atomic mass is 35.5. The molecule has 8 nitrogen and oxygen atoms in total. The fraction of sp³-hybridized carbons (Fsp3) is 0.444. The van der Waals surface area contributed by atoms with Gasteiger partial charge in [-0.15, -0.1) is 10.2 Å². The summed E-state index contributed by atoms with van der Waals surface area (Å²) >= 11 is 15.9. The lowest BCUT2D eigenvalue weighted by molar-refractivity contribution is -0.120. The van der Waals surface area contributed by atoms with E-state index in [1.165, 1.54) is 34.9 Å². The first-order chi connectivity index (χ1) is 14.9. The summed E-state index contributed by atoms with van der Waals surface area (Å²) in [4.78, 5) is 25.3.